The molecule has 130 valence electrons. The van der Waals surface area contributed by atoms with Crippen molar-refractivity contribution in [2.45, 2.75) is 19.9 Å². The Bertz CT molecular complexity index is 1400. The van der Waals surface area contributed by atoms with Crippen molar-refractivity contribution < 1.29 is 4.42 Å². The molecule has 0 atom stereocenters. The van der Waals surface area contributed by atoms with Gasteiger partial charge in [0.05, 0.1) is 10.9 Å². The molecule has 4 aromatic heterocycles. The van der Waals surface area contributed by atoms with E-state index in [9.17, 15) is 9.59 Å². The number of hydrogen-bond donors (Lipinski definition) is 2. The highest BCUT2D eigenvalue weighted by Crippen LogP contribution is 2.38. The summed E-state index contributed by atoms with van der Waals surface area (Å²) < 4.78 is 7.86. The van der Waals surface area contributed by atoms with Crippen LogP contribution in [0.5, 0.6) is 0 Å². The third kappa shape index (κ3) is 1.97. The maximum atomic E-state index is 12.7. The molecule has 4 heterocycles. The number of aromatic nitrogens is 3. The summed E-state index contributed by atoms with van der Waals surface area (Å²) in [6.07, 6.45) is 0. The van der Waals surface area contributed by atoms with E-state index in [1.807, 2.05) is 35.4 Å². The molecule has 7 heteroatoms. The number of nitrogens with zero attached hydrogens (tertiary/aromatic N) is 1. The summed E-state index contributed by atoms with van der Waals surface area (Å²) in [5, 5.41) is 8.26. The topological polar surface area (TPSA) is 83.8 Å². The molecule has 1 aromatic carbocycles. The molecule has 0 aliphatic rings. The van der Waals surface area contributed by atoms with Crippen molar-refractivity contribution in [2.24, 2.45) is 0 Å². The Morgan fingerprint density at radius 2 is 2.04 bits per heavy atom. The predicted molar refractivity (Wildman–Crippen MR) is 104 cm³/mol. The molecule has 2 N–H and O–H groups in total. The summed E-state index contributed by atoms with van der Waals surface area (Å²) in [4.78, 5) is 27.8. The van der Waals surface area contributed by atoms with Gasteiger partial charge in [0, 0.05) is 23.1 Å². The van der Waals surface area contributed by atoms with Crippen molar-refractivity contribution in [2.75, 3.05) is 0 Å². The lowest BCUT2D eigenvalue weighted by Gasteiger charge is -2.09. The minimum Gasteiger partial charge on any atom is -0.454 e. The molecule has 0 unspecified atom stereocenters. The molecule has 0 saturated carbocycles. The molecule has 0 aliphatic heterocycles. The van der Waals surface area contributed by atoms with Gasteiger partial charge in [-0.1, -0.05) is 0 Å². The Balaban J connectivity index is 2.09. The first-order valence-electron chi connectivity index (χ1n) is 8.30. The standard InChI is InChI=1S/C19H15N3O3S/c1-9(2)22-18-15(19(24)21-22)14(10-5-6-26-8-10)17-16(20-18)12-4-3-11(23)7-13(12)25-17/h3-9,20H,1-2H3,(H,21,24). The molecule has 5 rings (SSSR count). The van der Waals surface area contributed by atoms with Gasteiger partial charge in [-0.25, -0.2) is 0 Å². The summed E-state index contributed by atoms with van der Waals surface area (Å²) in [6.45, 7) is 4.02. The quantitative estimate of drug-likeness (QED) is 0.491. The monoisotopic (exact) mass is 365 g/mol. The zero-order valence-corrected chi connectivity index (χ0v) is 14.9. The van der Waals surface area contributed by atoms with Gasteiger partial charge < -0.3 is 9.40 Å². The van der Waals surface area contributed by atoms with Crippen LogP contribution in [0.3, 0.4) is 0 Å². The van der Waals surface area contributed by atoms with Crippen LogP contribution in [-0.2, 0) is 0 Å². The Labute approximate surface area is 150 Å². The Hall–Kier alpha value is -3.06. The first-order chi connectivity index (χ1) is 12.5. The number of aromatic amines is 2. The predicted octanol–water partition coefficient (Wildman–Crippen LogP) is 4.23. The Kier molecular flexibility index (Phi) is 3.05. The highest BCUT2D eigenvalue weighted by molar-refractivity contribution is 7.08. The molecule has 5 aromatic rings. The lowest BCUT2D eigenvalue weighted by Crippen LogP contribution is -2.07. The van der Waals surface area contributed by atoms with E-state index in [-0.39, 0.29) is 17.0 Å². The summed E-state index contributed by atoms with van der Waals surface area (Å²) in [5.74, 6) is 0. The molecule has 0 spiro atoms. The average Bonchev–Trinajstić information content (AvgIpc) is 3.30. The van der Waals surface area contributed by atoms with Gasteiger partial charge in [-0.15, -0.1) is 0 Å². The van der Waals surface area contributed by atoms with Crippen LogP contribution >= 0.6 is 11.3 Å². The second kappa shape index (κ2) is 5.22. The van der Waals surface area contributed by atoms with E-state index in [2.05, 4.69) is 10.1 Å². The second-order valence-electron chi connectivity index (χ2n) is 6.60. The average molecular weight is 365 g/mol. The Morgan fingerprint density at radius 3 is 2.77 bits per heavy atom. The van der Waals surface area contributed by atoms with Crippen molar-refractivity contribution in [1.82, 2.24) is 14.8 Å². The Morgan fingerprint density at radius 1 is 1.19 bits per heavy atom. The maximum Gasteiger partial charge on any atom is 0.274 e. The third-order valence-corrected chi connectivity index (χ3v) is 5.32. The zero-order valence-electron chi connectivity index (χ0n) is 14.1. The van der Waals surface area contributed by atoms with E-state index in [0.29, 0.717) is 22.2 Å². The minimum atomic E-state index is -0.168. The summed E-state index contributed by atoms with van der Waals surface area (Å²) in [7, 11) is 0. The third-order valence-electron chi connectivity index (χ3n) is 4.63. The fourth-order valence-electron chi connectivity index (χ4n) is 3.48. The molecule has 0 aliphatic carbocycles. The number of benzene rings is 1. The molecule has 0 radical (unpaired) electrons. The fraction of sp³-hybridized carbons (Fsp3) is 0.158. The number of nitrogens with one attached hydrogen (secondary N) is 2. The number of pyridine rings is 1. The minimum absolute atomic E-state index is 0.0793. The normalized spacial score (nSPS) is 12.1. The van der Waals surface area contributed by atoms with Crippen molar-refractivity contribution in [3.8, 4) is 11.1 Å². The van der Waals surface area contributed by atoms with E-state index in [4.69, 9.17) is 4.42 Å². The van der Waals surface area contributed by atoms with Gasteiger partial charge in [-0.3, -0.25) is 19.4 Å². The van der Waals surface area contributed by atoms with E-state index < -0.39 is 0 Å². The van der Waals surface area contributed by atoms with Crippen LogP contribution in [0.4, 0.5) is 0 Å². The van der Waals surface area contributed by atoms with Gasteiger partial charge >= 0.3 is 0 Å². The highest BCUT2D eigenvalue weighted by atomic mass is 32.1. The number of rotatable bonds is 2. The van der Waals surface area contributed by atoms with Crippen molar-refractivity contribution in [3.63, 3.8) is 0 Å². The zero-order chi connectivity index (χ0) is 18.0. The van der Waals surface area contributed by atoms with E-state index in [1.165, 1.54) is 12.1 Å². The number of thiophene rings is 1. The van der Waals surface area contributed by atoms with Gasteiger partial charge in [-0.2, -0.15) is 11.3 Å². The van der Waals surface area contributed by atoms with Gasteiger partial charge in [0.25, 0.3) is 5.56 Å². The van der Waals surface area contributed by atoms with E-state index in [1.54, 1.807) is 17.4 Å². The molecular formula is C19H15N3O3S. The lowest BCUT2D eigenvalue weighted by atomic mass is 10.0. The summed E-state index contributed by atoms with van der Waals surface area (Å²) >= 11 is 1.56. The summed E-state index contributed by atoms with van der Waals surface area (Å²) in [6, 6.07) is 6.80. The first kappa shape index (κ1) is 15.2. The van der Waals surface area contributed by atoms with Crippen molar-refractivity contribution in [1.29, 1.82) is 0 Å². The molecule has 0 saturated heterocycles. The molecule has 26 heavy (non-hydrogen) atoms. The van der Waals surface area contributed by atoms with Crippen LogP contribution in [-0.4, -0.2) is 14.8 Å². The molecule has 0 bridgehead atoms. The van der Waals surface area contributed by atoms with Crippen molar-refractivity contribution in [3.05, 3.63) is 55.6 Å². The number of furan rings is 1. The van der Waals surface area contributed by atoms with Crippen LogP contribution < -0.4 is 11.0 Å². The lowest BCUT2D eigenvalue weighted by molar-refractivity contribution is 0.542. The van der Waals surface area contributed by atoms with Gasteiger partial charge in [0.1, 0.15) is 11.2 Å². The summed E-state index contributed by atoms with van der Waals surface area (Å²) in [5.41, 5.74) is 3.99. The van der Waals surface area contributed by atoms with E-state index in [0.717, 1.165) is 22.0 Å². The largest absolute Gasteiger partial charge is 0.454 e. The maximum absolute atomic E-state index is 12.7. The van der Waals surface area contributed by atoms with Gasteiger partial charge in [-0.05, 0) is 48.4 Å². The SMILES string of the molecule is CC(C)n1[nH]c(=O)c2c(-c3ccsc3)c3oc4cc(=O)ccc4c3[nH]c21. The molecule has 6 nitrogen and oxygen atoms in total. The number of H-pyrrole nitrogens is 2. The van der Waals surface area contributed by atoms with Crippen LogP contribution in [0.25, 0.3) is 44.2 Å². The van der Waals surface area contributed by atoms with Crippen LogP contribution in [0.1, 0.15) is 19.9 Å². The number of hydrogen-bond acceptors (Lipinski definition) is 4. The van der Waals surface area contributed by atoms with Gasteiger partial charge in [0.15, 0.2) is 11.0 Å². The molecule has 0 amide bonds. The molecule has 0 fully saturated rings. The smallest absolute Gasteiger partial charge is 0.274 e. The highest BCUT2D eigenvalue weighted by Gasteiger charge is 2.22. The fourth-order valence-corrected chi connectivity index (χ4v) is 4.13. The number of fused-ring (bicyclic) bond motifs is 4. The van der Waals surface area contributed by atoms with Crippen LogP contribution in [0.15, 0.2) is 49.0 Å². The van der Waals surface area contributed by atoms with Gasteiger partial charge in [0.2, 0.25) is 0 Å². The van der Waals surface area contributed by atoms with Crippen molar-refractivity contribution >= 4 is 44.4 Å². The van der Waals surface area contributed by atoms with Crippen LogP contribution in [0, 0.1) is 0 Å². The first-order valence-corrected chi connectivity index (χ1v) is 9.24. The van der Waals surface area contributed by atoms with Crippen LogP contribution in [0.2, 0.25) is 0 Å². The van der Waals surface area contributed by atoms with E-state index >= 15 is 0 Å². The molecular weight excluding hydrogens is 350 g/mol. The second-order valence-corrected chi connectivity index (χ2v) is 7.38.